The number of carbonyl (C=O) groups is 1. The summed E-state index contributed by atoms with van der Waals surface area (Å²) >= 11 is 0. The standard InChI is InChI=1S/C16H12N2O3/c1-9(19)10-4-2-5-11-14(13-6-3-7-20-13)12(8-17)16(18)21-15(10)11/h2-7,14H,18H2,1H3. The lowest BCUT2D eigenvalue weighted by Crippen LogP contribution is -2.22. The Kier molecular flexibility index (Phi) is 2.99. The van der Waals surface area contributed by atoms with Gasteiger partial charge in [0.1, 0.15) is 23.2 Å². The Bertz CT molecular complexity index is 782. The highest BCUT2D eigenvalue weighted by Gasteiger charge is 2.34. The third-order valence-corrected chi connectivity index (χ3v) is 3.45. The number of Topliss-reactive ketones (excluding diaryl/α,β-unsaturated/α-hetero) is 1. The van der Waals surface area contributed by atoms with Crippen LogP contribution in [0, 0.1) is 11.3 Å². The van der Waals surface area contributed by atoms with Crippen LogP contribution in [0.1, 0.15) is 34.5 Å². The van der Waals surface area contributed by atoms with Crippen molar-refractivity contribution in [2.75, 3.05) is 0 Å². The van der Waals surface area contributed by atoms with Crippen molar-refractivity contribution in [1.82, 2.24) is 0 Å². The maximum atomic E-state index is 11.7. The number of ketones is 1. The van der Waals surface area contributed by atoms with E-state index >= 15 is 0 Å². The fourth-order valence-corrected chi connectivity index (χ4v) is 2.51. The van der Waals surface area contributed by atoms with E-state index in [1.807, 2.05) is 0 Å². The van der Waals surface area contributed by atoms with E-state index in [4.69, 9.17) is 14.9 Å². The van der Waals surface area contributed by atoms with Gasteiger partial charge in [-0.25, -0.2) is 0 Å². The number of nitrogens with two attached hydrogens (primary N) is 1. The fraction of sp³-hybridized carbons (Fsp3) is 0.125. The van der Waals surface area contributed by atoms with Crippen LogP contribution in [0.5, 0.6) is 5.75 Å². The number of furan rings is 1. The zero-order valence-corrected chi connectivity index (χ0v) is 11.3. The SMILES string of the molecule is CC(=O)c1cccc2c1OC(N)=C(C#N)C2c1ccco1. The summed E-state index contributed by atoms with van der Waals surface area (Å²) in [6.45, 7) is 1.46. The zero-order valence-electron chi connectivity index (χ0n) is 11.3. The lowest BCUT2D eigenvalue weighted by molar-refractivity contribution is 0.101. The van der Waals surface area contributed by atoms with Gasteiger partial charge in [0.2, 0.25) is 5.88 Å². The number of nitriles is 1. The van der Waals surface area contributed by atoms with Crippen LogP contribution in [0.2, 0.25) is 0 Å². The highest BCUT2D eigenvalue weighted by Crippen LogP contribution is 2.43. The number of benzene rings is 1. The van der Waals surface area contributed by atoms with E-state index in [2.05, 4.69) is 6.07 Å². The van der Waals surface area contributed by atoms with Crippen molar-refractivity contribution < 1.29 is 13.9 Å². The summed E-state index contributed by atoms with van der Waals surface area (Å²) < 4.78 is 11.0. The van der Waals surface area contributed by atoms with Crippen LogP contribution in [-0.2, 0) is 0 Å². The molecule has 5 nitrogen and oxygen atoms in total. The molecule has 1 atom stereocenters. The minimum absolute atomic E-state index is 0.0000926. The van der Waals surface area contributed by atoms with E-state index in [0.29, 0.717) is 22.6 Å². The van der Waals surface area contributed by atoms with Gasteiger partial charge in [0.05, 0.1) is 17.7 Å². The summed E-state index contributed by atoms with van der Waals surface area (Å²) in [5.74, 6) is 0.383. The third-order valence-electron chi connectivity index (χ3n) is 3.45. The Morgan fingerprint density at radius 3 is 2.76 bits per heavy atom. The Morgan fingerprint density at radius 2 is 2.14 bits per heavy atom. The predicted octanol–water partition coefficient (Wildman–Crippen LogP) is 2.70. The number of carbonyl (C=O) groups excluding carboxylic acids is 1. The van der Waals surface area contributed by atoms with Gasteiger partial charge >= 0.3 is 0 Å². The largest absolute Gasteiger partial charge is 0.468 e. The second kappa shape index (κ2) is 4.84. The lowest BCUT2D eigenvalue weighted by atomic mass is 9.86. The second-order valence-corrected chi connectivity index (χ2v) is 4.72. The molecule has 0 spiro atoms. The molecule has 1 aromatic carbocycles. The summed E-state index contributed by atoms with van der Waals surface area (Å²) in [6, 6.07) is 10.8. The molecule has 2 aromatic rings. The molecule has 1 aromatic heterocycles. The number of nitrogens with zero attached hydrogens (tertiary/aromatic N) is 1. The quantitative estimate of drug-likeness (QED) is 0.854. The third kappa shape index (κ3) is 1.98. The van der Waals surface area contributed by atoms with Gasteiger partial charge in [-0.15, -0.1) is 0 Å². The molecule has 3 rings (SSSR count). The maximum absolute atomic E-state index is 11.7. The Labute approximate surface area is 121 Å². The van der Waals surface area contributed by atoms with Gasteiger partial charge in [-0.2, -0.15) is 5.26 Å². The van der Waals surface area contributed by atoms with E-state index in [9.17, 15) is 10.1 Å². The maximum Gasteiger partial charge on any atom is 0.205 e. The number of hydrogen-bond acceptors (Lipinski definition) is 5. The minimum Gasteiger partial charge on any atom is -0.468 e. The second-order valence-electron chi connectivity index (χ2n) is 4.72. The molecule has 0 saturated heterocycles. The number of para-hydroxylation sites is 1. The van der Waals surface area contributed by atoms with Crippen LogP contribution >= 0.6 is 0 Å². The first-order chi connectivity index (χ1) is 10.1. The molecule has 0 bridgehead atoms. The van der Waals surface area contributed by atoms with Crippen molar-refractivity contribution in [3.05, 3.63) is 64.9 Å². The molecule has 0 aliphatic carbocycles. The molecule has 2 N–H and O–H groups in total. The van der Waals surface area contributed by atoms with Crippen molar-refractivity contribution in [2.45, 2.75) is 12.8 Å². The molecular weight excluding hydrogens is 268 g/mol. The number of hydrogen-bond donors (Lipinski definition) is 1. The first-order valence-corrected chi connectivity index (χ1v) is 6.38. The molecule has 1 aliphatic rings. The Balaban J connectivity index is 2.27. The summed E-state index contributed by atoms with van der Waals surface area (Å²) in [5, 5.41) is 9.36. The van der Waals surface area contributed by atoms with E-state index in [1.165, 1.54) is 13.2 Å². The number of ether oxygens (including phenoxy) is 1. The molecule has 0 radical (unpaired) electrons. The number of fused-ring (bicyclic) bond motifs is 1. The molecule has 0 fully saturated rings. The smallest absolute Gasteiger partial charge is 0.205 e. The van der Waals surface area contributed by atoms with Crippen molar-refractivity contribution in [1.29, 1.82) is 5.26 Å². The van der Waals surface area contributed by atoms with Gasteiger partial charge in [0.25, 0.3) is 0 Å². The van der Waals surface area contributed by atoms with Gasteiger partial charge in [-0.1, -0.05) is 12.1 Å². The van der Waals surface area contributed by atoms with Gasteiger partial charge in [-0.05, 0) is 25.1 Å². The molecule has 0 saturated carbocycles. The topological polar surface area (TPSA) is 89.2 Å². The summed E-state index contributed by atoms with van der Waals surface area (Å²) in [5.41, 5.74) is 7.26. The van der Waals surface area contributed by atoms with Crippen molar-refractivity contribution in [2.24, 2.45) is 5.73 Å². The van der Waals surface area contributed by atoms with E-state index in [1.54, 1.807) is 30.3 Å². The van der Waals surface area contributed by atoms with Crippen molar-refractivity contribution >= 4 is 5.78 Å². The normalized spacial score (nSPS) is 16.9. The molecule has 2 heterocycles. The van der Waals surface area contributed by atoms with Crippen molar-refractivity contribution in [3.8, 4) is 11.8 Å². The van der Waals surface area contributed by atoms with E-state index in [-0.39, 0.29) is 17.2 Å². The molecule has 104 valence electrons. The van der Waals surface area contributed by atoms with Crippen LogP contribution in [0.3, 0.4) is 0 Å². The monoisotopic (exact) mass is 280 g/mol. The number of rotatable bonds is 2. The van der Waals surface area contributed by atoms with Crippen LogP contribution in [-0.4, -0.2) is 5.78 Å². The van der Waals surface area contributed by atoms with Gasteiger partial charge < -0.3 is 14.9 Å². The fourth-order valence-electron chi connectivity index (χ4n) is 2.51. The highest BCUT2D eigenvalue weighted by atomic mass is 16.5. The number of allylic oxidation sites excluding steroid dienone is 1. The summed E-state index contributed by atoms with van der Waals surface area (Å²) in [6.07, 6.45) is 1.53. The minimum atomic E-state index is -0.465. The van der Waals surface area contributed by atoms with Gasteiger partial charge in [-0.3, -0.25) is 4.79 Å². The van der Waals surface area contributed by atoms with E-state index in [0.717, 1.165) is 0 Å². The van der Waals surface area contributed by atoms with Crippen LogP contribution in [0.25, 0.3) is 0 Å². The summed E-state index contributed by atoms with van der Waals surface area (Å²) in [4.78, 5) is 11.7. The van der Waals surface area contributed by atoms with E-state index < -0.39 is 5.92 Å². The first kappa shape index (κ1) is 13.0. The van der Waals surface area contributed by atoms with Gasteiger partial charge in [0.15, 0.2) is 5.78 Å². The molecule has 0 amide bonds. The lowest BCUT2D eigenvalue weighted by Gasteiger charge is -2.26. The Morgan fingerprint density at radius 1 is 1.33 bits per heavy atom. The Hall–Kier alpha value is -3.00. The highest BCUT2D eigenvalue weighted by molar-refractivity contribution is 5.97. The average Bonchev–Trinajstić information content (AvgIpc) is 2.98. The van der Waals surface area contributed by atoms with Crippen LogP contribution < -0.4 is 10.5 Å². The molecule has 5 heteroatoms. The van der Waals surface area contributed by atoms with Gasteiger partial charge in [0, 0.05) is 5.56 Å². The average molecular weight is 280 g/mol. The van der Waals surface area contributed by atoms with Crippen molar-refractivity contribution in [3.63, 3.8) is 0 Å². The predicted molar refractivity (Wildman–Crippen MR) is 74.5 cm³/mol. The van der Waals surface area contributed by atoms with Crippen LogP contribution in [0.4, 0.5) is 0 Å². The zero-order chi connectivity index (χ0) is 15.0. The molecular formula is C16H12N2O3. The molecule has 21 heavy (non-hydrogen) atoms. The molecule has 1 unspecified atom stereocenters. The summed E-state index contributed by atoms with van der Waals surface area (Å²) in [7, 11) is 0. The first-order valence-electron chi connectivity index (χ1n) is 6.38. The van der Waals surface area contributed by atoms with Crippen LogP contribution in [0.15, 0.2) is 52.5 Å². The molecule has 1 aliphatic heterocycles.